The predicted molar refractivity (Wildman–Crippen MR) is 62.2 cm³/mol. The van der Waals surface area contributed by atoms with Crippen molar-refractivity contribution in [3.05, 3.63) is 29.7 Å². The van der Waals surface area contributed by atoms with E-state index in [9.17, 15) is 4.79 Å². The first-order valence-electron chi connectivity index (χ1n) is 4.84. The van der Waals surface area contributed by atoms with Crippen LogP contribution >= 0.6 is 11.3 Å². The minimum absolute atomic E-state index is 0.207. The summed E-state index contributed by atoms with van der Waals surface area (Å²) in [5.41, 5.74) is 0.959. The van der Waals surface area contributed by atoms with Crippen LogP contribution in [0.15, 0.2) is 24.0 Å². The Labute approximate surface area is 99.8 Å². The first-order chi connectivity index (χ1) is 8.16. The molecule has 0 spiro atoms. The highest BCUT2D eigenvalue weighted by Crippen LogP contribution is 2.22. The van der Waals surface area contributed by atoms with Crippen LogP contribution in [0.25, 0.3) is 16.5 Å². The van der Waals surface area contributed by atoms with Crippen LogP contribution in [0.2, 0.25) is 0 Å². The molecule has 0 aliphatic carbocycles. The summed E-state index contributed by atoms with van der Waals surface area (Å²) < 4.78 is 3.24. The van der Waals surface area contributed by atoms with Crippen molar-refractivity contribution in [2.45, 2.75) is 0 Å². The van der Waals surface area contributed by atoms with Crippen molar-refractivity contribution < 1.29 is 9.90 Å². The average molecular weight is 248 g/mol. The van der Waals surface area contributed by atoms with Crippen molar-refractivity contribution >= 4 is 23.1 Å². The lowest BCUT2D eigenvalue weighted by Gasteiger charge is -1.94. The highest BCUT2D eigenvalue weighted by Gasteiger charge is 2.15. The van der Waals surface area contributed by atoms with Gasteiger partial charge in [-0.3, -0.25) is 4.40 Å². The number of carboxylic acid groups (broad SMARTS) is 1. The molecule has 3 aromatic rings. The number of aromatic carboxylic acids is 1. The van der Waals surface area contributed by atoms with Gasteiger partial charge in [0, 0.05) is 31.0 Å². The molecule has 0 amide bonds. The van der Waals surface area contributed by atoms with Gasteiger partial charge in [0.15, 0.2) is 0 Å². The number of aromatic nitrogens is 4. The molecule has 1 N–H and O–H groups in total. The Balaban J connectivity index is 2.19. The second-order valence-electron chi connectivity index (χ2n) is 3.55. The second-order valence-corrected chi connectivity index (χ2v) is 4.44. The topological polar surface area (TPSA) is 72.4 Å². The number of imidazole rings is 2. The molecule has 0 fully saturated rings. The minimum Gasteiger partial charge on any atom is -0.477 e. The Morgan fingerprint density at radius 3 is 2.88 bits per heavy atom. The van der Waals surface area contributed by atoms with Gasteiger partial charge in [-0.15, -0.1) is 11.3 Å². The molecule has 0 aliphatic heterocycles. The van der Waals surface area contributed by atoms with Crippen molar-refractivity contribution in [3.63, 3.8) is 0 Å². The first-order valence-corrected chi connectivity index (χ1v) is 5.72. The molecule has 0 atom stereocenters. The van der Waals surface area contributed by atoms with E-state index in [1.807, 2.05) is 5.38 Å². The number of fused-ring (bicyclic) bond motifs is 1. The van der Waals surface area contributed by atoms with Crippen LogP contribution in [-0.2, 0) is 7.05 Å². The molecule has 86 valence electrons. The van der Waals surface area contributed by atoms with E-state index >= 15 is 0 Å². The molecule has 0 aromatic carbocycles. The summed E-state index contributed by atoms with van der Waals surface area (Å²) in [6.07, 6.45) is 5.04. The summed E-state index contributed by atoms with van der Waals surface area (Å²) in [6, 6.07) is 0. The van der Waals surface area contributed by atoms with E-state index in [1.165, 1.54) is 11.3 Å². The molecule has 7 heteroatoms. The Kier molecular flexibility index (Phi) is 2.02. The molecule has 6 nitrogen and oxygen atoms in total. The molecule has 0 unspecified atom stereocenters. The lowest BCUT2D eigenvalue weighted by molar-refractivity contribution is 0.0687. The minimum atomic E-state index is -0.964. The van der Waals surface area contributed by atoms with Crippen molar-refractivity contribution in [1.29, 1.82) is 0 Å². The van der Waals surface area contributed by atoms with E-state index in [1.54, 1.807) is 34.6 Å². The van der Waals surface area contributed by atoms with Gasteiger partial charge in [0.25, 0.3) is 0 Å². The highest BCUT2D eigenvalue weighted by molar-refractivity contribution is 7.13. The van der Waals surface area contributed by atoms with Crippen LogP contribution in [0.4, 0.5) is 0 Å². The van der Waals surface area contributed by atoms with Gasteiger partial charge in [-0.05, 0) is 0 Å². The van der Waals surface area contributed by atoms with Gasteiger partial charge in [0.1, 0.15) is 16.4 Å². The van der Waals surface area contributed by atoms with Crippen molar-refractivity contribution in [2.24, 2.45) is 7.05 Å². The van der Waals surface area contributed by atoms with E-state index in [0.717, 1.165) is 10.7 Å². The van der Waals surface area contributed by atoms with Crippen LogP contribution in [-0.4, -0.2) is 30.0 Å². The number of rotatable bonds is 2. The van der Waals surface area contributed by atoms with E-state index in [4.69, 9.17) is 5.11 Å². The highest BCUT2D eigenvalue weighted by atomic mass is 32.1. The van der Waals surface area contributed by atoms with Crippen molar-refractivity contribution in [3.8, 4) is 10.7 Å². The SMILES string of the molecule is Cn1c(C(=O)O)cn2cc(-c3nccs3)nc12. The molecule has 0 aliphatic rings. The largest absolute Gasteiger partial charge is 0.477 e. The molecule has 0 saturated heterocycles. The van der Waals surface area contributed by atoms with Crippen LogP contribution in [0, 0.1) is 0 Å². The lowest BCUT2D eigenvalue weighted by Crippen LogP contribution is -2.04. The Morgan fingerprint density at radius 1 is 1.47 bits per heavy atom. The summed E-state index contributed by atoms with van der Waals surface area (Å²) in [4.78, 5) is 19.5. The van der Waals surface area contributed by atoms with Gasteiger partial charge >= 0.3 is 5.97 Å². The fourth-order valence-electron chi connectivity index (χ4n) is 1.70. The van der Waals surface area contributed by atoms with Gasteiger partial charge in [-0.1, -0.05) is 0 Å². The molecule has 0 bridgehead atoms. The monoisotopic (exact) mass is 248 g/mol. The molecule has 0 saturated carbocycles. The average Bonchev–Trinajstić information content (AvgIpc) is 2.94. The number of hydrogen-bond acceptors (Lipinski definition) is 4. The molecule has 17 heavy (non-hydrogen) atoms. The zero-order valence-electron chi connectivity index (χ0n) is 8.86. The number of carbonyl (C=O) groups is 1. The molecule has 3 heterocycles. The smallest absolute Gasteiger partial charge is 0.354 e. The normalized spacial score (nSPS) is 11.1. The van der Waals surface area contributed by atoms with Gasteiger partial charge in [-0.25, -0.2) is 14.8 Å². The van der Waals surface area contributed by atoms with E-state index < -0.39 is 5.97 Å². The standard InChI is InChI=1S/C10H8N4O2S/c1-13-7(9(15)16)5-14-4-6(12-10(13)14)8-11-2-3-17-8/h2-5H,1H3,(H,15,16). The van der Waals surface area contributed by atoms with Crippen molar-refractivity contribution in [2.75, 3.05) is 0 Å². The predicted octanol–water partition coefficient (Wildman–Crippen LogP) is 1.49. The third kappa shape index (κ3) is 1.43. The Hall–Kier alpha value is -2.15. The molecule has 3 rings (SSSR count). The number of nitrogens with zero attached hydrogens (tertiary/aromatic N) is 4. The van der Waals surface area contributed by atoms with Crippen LogP contribution < -0.4 is 0 Å². The lowest BCUT2D eigenvalue weighted by atomic mass is 10.5. The fraction of sp³-hybridized carbons (Fsp3) is 0.100. The van der Waals surface area contributed by atoms with Gasteiger partial charge in [0.05, 0.1) is 0 Å². The molecular weight excluding hydrogens is 240 g/mol. The maximum Gasteiger partial charge on any atom is 0.354 e. The summed E-state index contributed by atoms with van der Waals surface area (Å²) in [6.45, 7) is 0. The van der Waals surface area contributed by atoms with E-state index in [-0.39, 0.29) is 5.69 Å². The maximum absolute atomic E-state index is 10.9. The number of aryl methyl sites for hydroxylation is 1. The number of thiazole rings is 1. The fourth-order valence-corrected chi connectivity index (χ4v) is 2.30. The van der Waals surface area contributed by atoms with Crippen LogP contribution in [0.5, 0.6) is 0 Å². The summed E-state index contributed by atoms with van der Waals surface area (Å²) in [5, 5.41) is 11.7. The van der Waals surface area contributed by atoms with Gasteiger partial charge in [-0.2, -0.15) is 0 Å². The third-order valence-corrected chi connectivity index (χ3v) is 3.30. The van der Waals surface area contributed by atoms with Gasteiger partial charge in [0.2, 0.25) is 5.78 Å². The van der Waals surface area contributed by atoms with Crippen molar-refractivity contribution in [1.82, 2.24) is 18.9 Å². The summed E-state index contributed by atoms with van der Waals surface area (Å²) in [7, 11) is 1.68. The van der Waals surface area contributed by atoms with E-state index in [0.29, 0.717) is 5.78 Å². The Morgan fingerprint density at radius 2 is 2.29 bits per heavy atom. The summed E-state index contributed by atoms with van der Waals surface area (Å²) in [5.74, 6) is -0.374. The molecule has 3 aromatic heterocycles. The maximum atomic E-state index is 10.9. The number of hydrogen-bond donors (Lipinski definition) is 1. The zero-order chi connectivity index (χ0) is 12.0. The first kappa shape index (κ1) is 10.0. The molecule has 0 radical (unpaired) electrons. The van der Waals surface area contributed by atoms with Gasteiger partial charge < -0.3 is 9.67 Å². The quantitative estimate of drug-likeness (QED) is 0.745. The molecular formula is C10H8N4O2S. The van der Waals surface area contributed by atoms with Crippen LogP contribution in [0.1, 0.15) is 10.5 Å². The Bertz CT molecular complexity index is 695. The summed E-state index contributed by atoms with van der Waals surface area (Å²) >= 11 is 1.50. The van der Waals surface area contributed by atoms with E-state index in [2.05, 4.69) is 9.97 Å². The third-order valence-electron chi connectivity index (χ3n) is 2.51. The zero-order valence-corrected chi connectivity index (χ0v) is 9.68. The number of carboxylic acids is 1. The van der Waals surface area contributed by atoms with Crippen LogP contribution in [0.3, 0.4) is 0 Å². The second kappa shape index (κ2) is 3.42.